The van der Waals surface area contributed by atoms with E-state index in [0.29, 0.717) is 43.9 Å². The second-order valence-corrected chi connectivity index (χ2v) is 11.6. The molecule has 0 bridgehead atoms. The van der Waals surface area contributed by atoms with Gasteiger partial charge in [-0.2, -0.15) is 0 Å². The Morgan fingerprint density at radius 1 is 1.06 bits per heavy atom. The minimum atomic E-state index is -1.35. The van der Waals surface area contributed by atoms with Crippen LogP contribution in [0.25, 0.3) is 0 Å². The molecule has 1 unspecified atom stereocenters. The van der Waals surface area contributed by atoms with Crippen LogP contribution in [0.3, 0.4) is 0 Å². The topological polar surface area (TPSA) is 96.2 Å². The Kier molecular flexibility index (Phi) is 7.54. The van der Waals surface area contributed by atoms with Crippen molar-refractivity contribution < 1.29 is 19.1 Å². The van der Waals surface area contributed by atoms with Crippen molar-refractivity contribution in [2.24, 2.45) is 5.73 Å². The molecule has 1 aromatic carbocycles. The van der Waals surface area contributed by atoms with Crippen LogP contribution < -0.4 is 10.6 Å². The van der Waals surface area contributed by atoms with Crippen molar-refractivity contribution >= 4 is 35.3 Å². The van der Waals surface area contributed by atoms with Crippen LogP contribution in [-0.2, 0) is 21.6 Å². The molecule has 8 nitrogen and oxygen atoms in total. The molecule has 1 fully saturated rings. The molecule has 2 amide bonds. The molecule has 2 aliphatic rings. The van der Waals surface area contributed by atoms with Gasteiger partial charge in [-0.1, -0.05) is 6.07 Å². The first-order valence-corrected chi connectivity index (χ1v) is 13.4. The van der Waals surface area contributed by atoms with Gasteiger partial charge in [-0.05, 0) is 81.7 Å². The summed E-state index contributed by atoms with van der Waals surface area (Å²) in [5.41, 5.74) is 7.80. The standard InChI is InChI=1S/C27H36N4O4S/c1-19-17-20(24(33)31-11-6-5-7-23-22(31)10-16-36-23)8-9-21(19)27(28,18-32)30-14-12-29(13-15-30)25(34)35-26(2,3)4/h8-10,16-18H,5-7,11-15,28H2,1-4H3. The minimum Gasteiger partial charge on any atom is -0.444 e. The van der Waals surface area contributed by atoms with E-state index in [9.17, 15) is 14.4 Å². The van der Waals surface area contributed by atoms with Crippen molar-refractivity contribution in [2.45, 2.75) is 58.2 Å². The van der Waals surface area contributed by atoms with Crippen molar-refractivity contribution in [3.8, 4) is 0 Å². The van der Waals surface area contributed by atoms with Gasteiger partial charge in [-0.15, -0.1) is 11.3 Å². The zero-order valence-electron chi connectivity index (χ0n) is 21.6. The smallest absolute Gasteiger partial charge is 0.410 e. The van der Waals surface area contributed by atoms with Gasteiger partial charge >= 0.3 is 6.09 Å². The van der Waals surface area contributed by atoms with E-state index in [1.807, 2.05) is 55.0 Å². The van der Waals surface area contributed by atoms with Gasteiger partial charge in [0.25, 0.3) is 5.91 Å². The number of fused-ring (bicyclic) bond motifs is 1. The first kappa shape index (κ1) is 26.3. The lowest BCUT2D eigenvalue weighted by Gasteiger charge is -2.43. The number of hydrogen-bond donors (Lipinski definition) is 1. The van der Waals surface area contributed by atoms with Crippen LogP contribution in [0.15, 0.2) is 29.6 Å². The number of amides is 2. The third kappa shape index (κ3) is 5.33. The maximum Gasteiger partial charge on any atom is 0.410 e. The molecule has 4 rings (SSSR count). The fourth-order valence-electron chi connectivity index (χ4n) is 4.94. The second-order valence-electron chi connectivity index (χ2n) is 10.6. The predicted octanol–water partition coefficient (Wildman–Crippen LogP) is 3.90. The fraction of sp³-hybridized carbons (Fsp3) is 0.519. The molecule has 0 spiro atoms. The van der Waals surface area contributed by atoms with Gasteiger partial charge in [0, 0.05) is 43.2 Å². The quantitative estimate of drug-likeness (QED) is 0.624. The number of anilines is 1. The lowest BCUT2D eigenvalue weighted by Crippen LogP contribution is -2.61. The Balaban J connectivity index is 1.51. The van der Waals surface area contributed by atoms with Crippen LogP contribution in [-0.4, -0.2) is 66.4 Å². The van der Waals surface area contributed by atoms with E-state index in [-0.39, 0.29) is 12.0 Å². The molecule has 2 aliphatic heterocycles. The Bertz CT molecular complexity index is 1130. The van der Waals surface area contributed by atoms with Crippen molar-refractivity contribution in [3.63, 3.8) is 0 Å². The number of carbonyl (C=O) groups excluding carboxylic acids is 3. The fourth-order valence-corrected chi connectivity index (χ4v) is 5.87. The van der Waals surface area contributed by atoms with Crippen molar-refractivity contribution in [1.82, 2.24) is 9.80 Å². The summed E-state index contributed by atoms with van der Waals surface area (Å²) >= 11 is 1.70. The van der Waals surface area contributed by atoms with Crippen LogP contribution in [0.1, 0.15) is 60.0 Å². The minimum absolute atomic E-state index is 0.0362. The Morgan fingerprint density at radius 3 is 2.42 bits per heavy atom. The van der Waals surface area contributed by atoms with Crippen molar-refractivity contribution in [1.29, 1.82) is 0 Å². The number of aryl methyl sites for hydroxylation is 2. The maximum atomic E-state index is 13.5. The van der Waals surface area contributed by atoms with Crippen LogP contribution in [0.4, 0.5) is 10.5 Å². The number of ether oxygens (including phenoxy) is 1. The van der Waals surface area contributed by atoms with Gasteiger partial charge in [0.2, 0.25) is 0 Å². The normalized spacial score (nSPS) is 18.7. The zero-order valence-corrected chi connectivity index (χ0v) is 22.4. The van der Waals surface area contributed by atoms with Gasteiger partial charge in [0.1, 0.15) is 5.60 Å². The number of nitrogens with zero attached hydrogens (tertiary/aromatic N) is 3. The summed E-state index contributed by atoms with van der Waals surface area (Å²) in [6.45, 7) is 9.77. The first-order valence-electron chi connectivity index (χ1n) is 12.5. The molecule has 1 saturated heterocycles. The monoisotopic (exact) mass is 512 g/mol. The number of hydrogen-bond acceptors (Lipinski definition) is 7. The molecular formula is C27H36N4O4S. The number of piperazine rings is 1. The predicted molar refractivity (Wildman–Crippen MR) is 141 cm³/mol. The van der Waals surface area contributed by atoms with E-state index < -0.39 is 11.3 Å². The second kappa shape index (κ2) is 10.3. The summed E-state index contributed by atoms with van der Waals surface area (Å²) in [6.07, 6.45) is 3.44. The lowest BCUT2D eigenvalue weighted by molar-refractivity contribution is -0.120. The van der Waals surface area contributed by atoms with Gasteiger partial charge < -0.3 is 20.3 Å². The van der Waals surface area contributed by atoms with Crippen molar-refractivity contribution in [2.75, 3.05) is 37.6 Å². The average Bonchev–Trinajstić information content (AvgIpc) is 3.21. The van der Waals surface area contributed by atoms with Crippen LogP contribution in [0.5, 0.6) is 0 Å². The summed E-state index contributed by atoms with van der Waals surface area (Å²) in [5.74, 6) is -0.0362. The summed E-state index contributed by atoms with van der Waals surface area (Å²) in [5, 5.41) is 2.04. The number of thiophene rings is 1. The molecule has 0 radical (unpaired) electrons. The molecule has 1 atom stereocenters. The van der Waals surface area contributed by atoms with Crippen LogP contribution >= 0.6 is 11.3 Å². The SMILES string of the molecule is Cc1cc(C(=O)N2CCCCc3sccc32)ccc1C(N)(C=O)N1CCN(C(=O)OC(C)(C)C)CC1. The van der Waals surface area contributed by atoms with E-state index in [4.69, 9.17) is 10.5 Å². The summed E-state index contributed by atoms with van der Waals surface area (Å²) in [7, 11) is 0. The molecule has 3 heterocycles. The molecule has 194 valence electrons. The summed E-state index contributed by atoms with van der Waals surface area (Å²) in [6, 6.07) is 7.42. The Labute approximate surface area is 217 Å². The van der Waals surface area contributed by atoms with Crippen LogP contribution in [0, 0.1) is 6.92 Å². The Hall–Kier alpha value is -2.75. The molecule has 36 heavy (non-hydrogen) atoms. The average molecular weight is 513 g/mol. The maximum absolute atomic E-state index is 13.5. The van der Waals surface area contributed by atoms with Gasteiger partial charge in [0.15, 0.2) is 11.9 Å². The summed E-state index contributed by atoms with van der Waals surface area (Å²) in [4.78, 5) is 44.9. The van der Waals surface area contributed by atoms with Crippen molar-refractivity contribution in [3.05, 3.63) is 51.2 Å². The van der Waals surface area contributed by atoms with Gasteiger partial charge in [0.05, 0.1) is 5.69 Å². The largest absolute Gasteiger partial charge is 0.444 e. The van der Waals surface area contributed by atoms with E-state index in [0.717, 1.165) is 36.8 Å². The molecule has 0 aliphatic carbocycles. The number of aldehydes is 1. The molecule has 2 N–H and O–H groups in total. The molecule has 0 saturated carbocycles. The van der Waals surface area contributed by atoms with Crippen LogP contribution in [0.2, 0.25) is 0 Å². The number of nitrogens with two attached hydrogens (primary N) is 1. The third-order valence-corrected chi connectivity index (χ3v) is 7.80. The highest BCUT2D eigenvalue weighted by Crippen LogP contribution is 2.33. The highest BCUT2D eigenvalue weighted by molar-refractivity contribution is 7.10. The molecule has 9 heteroatoms. The number of rotatable bonds is 4. The Morgan fingerprint density at radius 2 is 1.78 bits per heavy atom. The molecular weight excluding hydrogens is 476 g/mol. The summed E-state index contributed by atoms with van der Waals surface area (Å²) < 4.78 is 5.47. The highest BCUT2D eigenvalue weighted by atomic mass is 32.1. The van der Waals surface area contributed by atoms with E-state index >= 15 is 0 Å². The zero-order chi connectivity index (χ0) is 26.1. The molecule has 1 aromatic heterocycles. The number of carbonyl (C=O) groups is 3. The third-order valence-electron chi connectivity index (χ3n) is 6.83. The molecule has 2 aromatic rings. The van der Waals surface area contributed by atoms with E-state index in [2.05, 4.69) is 0 Å². The van der Waals surface area contributed by atoms with E-state index in [1.165, 1.54) is 4.88 Å². The van der Waals surface area contributed by atoms with Gasteiger partial charge in [-0.3, -0.25) is 14.5 Å². The number of benzene rings is 1. The first-order chi connectivity index (χ1) is 17.0. The van der Waals surface area contributed by atoms with E-state index in [1.54, 1.807) is 28.4 Å². The highest BCUT2D eigenvalue weighted by Gasteiger charge is 2.39. The van der Waals surface area contributed by atoms with Gasteiger partial charge in [-0.25, -0.2) is 4.79 Å². The lowest BCUT2D eigenvalue weighted by atomic mass is 9.92.